The Labute approximate surface area is 200 Å². The monoisotopic (exact) mass is 523 g/mol. The third-order valence-electron chi connectivity index (χ3n) is 4.91. The lowest BCUT2D eigenvalue weighted by atomic mass is 9.99. The zero-order valence-corrected chi connectivity index (χ0v) is 20.3. The molecule has 2 aromatic rings. The molecule has 0 heterocycles. The first-order valence-electron chi connectivity index (χ1n) is 11.0. The minimum atomic E-state index is -4.94. The number of ether oxygens (including phenoxy) is 1. The molecule has 0 aliphatic rings. The smallest absolute Gasteiger partial charge is 0.464 e. The highest BCUT2D eigenvalue weighted by Gasteiger charge is 2.38. The predicted octanol–water partition coefficient (Wildman–Crippen LogP) is 6.69. The van der Waals surface area contributed by atoms with Gasteiger partial charge in [0.25, 0.3) is 0 Å². The van der Waals surface area contributed by atoms with Gasteiger partial charge in [0, 0.05) is 0 Å². The second kappa shape index (κ2) is 12.9. The van der Waals surface area contributed by atoms with Gasteiger partial charge < -0.3 is 13.8 Å². The number of benzene rings is 2. The summed E-state index contributed by atoms with van der Waals surface area (Å²) in [5.41, 5.74) is 0. The summed E-state index contributed by atoms with van der Waals surface area (Å²) in [5.74, 6) is -14.4. The van der Waals surface area contributed by atoms with E-state index in [9.17, 15) is 31.3 Å². The third-order valence-corrected chi connectivity index (χ3v) is 6.49. The number of carbonyl (C=O) groups excluding carboxylic acids is 1. The number of para-hydroxylation sites is 1. The maximum atomic E-state index is 14.2. The first kappa shape index (κ1) is 28.6. The predicted molar refractivity (Wildman–Crippen MR) is 118 cm³/mol. The van der Waals surface area contributed by atoms with Crippen LogP contribution in [-0.2, 0) is 14.1 Å². The molecular formula is C23H27F5NO5P. The third kappa shape index (κ3) is 7.67. The lowest BCUT2D eigenvalue weighted by Crippen LogP contribution is -2.36. The SMILES string of the molecule is CCCC(CCC)COC(=O)[C@H](C)NP(=O)(Oc1ccccc1)Oc1c(F)c(F)c(F)c(F)c1F. The first-order valence-corrected chi connectivity index (χ1v) is 12.6. The molecule has 0 radical (unpaired) electrons. The molecular weight excluding hydrogens is 496 g/mol. The molecule has 0 spiro atoms. The van der Waals surface area contributed by atoms with Crippen molar-refractivity contribution in [2.45, 2.75) is 52.5 Å². The molecule has 1 N–H and O–H groups in total. The van der Waals surface area contributed by atoms with Crippen LogP contribution in [0.4, 0.5) is 22.0 Å². The summed E-state index contributed by atoms with van der Waals surface area (Å²) >= 11 is 0. The highest BCUT2D eigenvalue weighted by atomic mass is 31.2. The Balaban J connectivity index is 2.30. The van der Waals surface area contributed by atoms with E-state index >= 15 is 0 Å². The maximum Gasteiger partial charge on any atom is 0.513 e. The number of carbonyl (C=O) groups is 1. The van der Waals surface area contributed by atoms with Gasteiger partial charge in [-0.3, -0.25) is 4.79 Å². The van der Waals surface area contributed by atoms with Crippen LogP contribution in [-0.4, -0.2) is 18.6 Å². The first-order chi connectivity index (χ1) is 16.5. The largest absolute Gasteiger partial charge is 0.513 e. The lowest BCUT2D eigenvalue weighted by molar-refractivity contribution is -0.146. The molecule has 35 heavy (non-hydrogen) atoms. The molecule has 0 bridgehead atoms. The second-order valence-electron chi connectivity index (χ2n) is 7.82. The Hall–Kier alpha value is -2.65. The molecule has 2 aromatic carbocycles. The Morgan fingerprint density at radius 2 is 1.40 bits per heavy atom. The van der Waals surface area contributed by atoms with Crippen LogP contribution in [0.2, 0.25) is 0 Å². The van der Waals surface area contributed by atoms with E-state index in [1.807, 2.05) is 13.8 Å². The van der Waals surface area contributed by atoms with Crippen LogP contribution in [0, 0.1) is 35.0 Å². The summed E-state index contributed by atoms with van der Waals surface area (Å²) in [4.78, 5) is 12.5. The van der Waals surface area contributed by atoms with Gasteiger partial charge in [-0.1, -0.05) is 44.9 Å². The van der Waals surface area contributed by atoms with Gasteiger partial charge in [-0.15, -0.1) is 0 Å². The van der Waals surface area contributed by atoms with Crippen molar-refractivity contribution in [3.63, 3.8) is 0 Å². The van der Waals surface area contributed by atoms with Crippen molar-refractivity contribution >= 4 is 13.7 Å². The summed E-state index contributed by atoms with van der Waals surface area (Å²) < 4.78 is 97.6. The fourth-order valence-electron chi connectivity index (χ4n) is 3.22. The zero-order chi connectivity index (χ0) is 26.2. The van der Waals surface area contributed by atoms with Gasteiger partial charge in [0.1, 0.15) is 11.8 Å². The molecule has 0 saturated carbocycles. The molecule has 0 fully saturated rings. The molecule has 12 heteroatoms. The van der Waals surface area contributed by atoms with Crippen LogP contribution in [0.25, 0.3) is 0 Å². The normalized spacial score (nSPS) is 13.9. The zero-order valence-electron chi connectivity index (χ0n) is 19.5. The maximum absolute atomic E-state index is 14.2. The Morgan fingerprint density at radius 1 is 0.886 bits per heavy atom. The van der Waals surface area contributed by atoms with E-state index in [4.69, 9.17) is 13.8 Å². The highest BCUT2D eigenvalue weighted by Crippen LogP contribution is 2.47. The van der Waals surface area contributed by atoms with Gasteiger partial charge in [-0.25, -0.2) is 17.7 Å². The number of hydrogen-bond donors (Lipinski definition) is 1. The van der Waals surface area contributed by atoms with Gasteiger partial charge in [-0.05, 0) is 37.8 Å². The van der Waals surface area contributed by atoms with Crippen molar-refractivity contribution in [3.8, 4) is 11.5 Å². The summed E-state index contributed by atoms with van der Waals surface area (Å²) in [6.07, 6.45) is 3.40. The molecule has 194 valence electrons. The van der Waals surface area contributed by atoms with Crippen LogP contribution >= 0.6 is 7.75 Å². The van der Waals surface area contributed by atoms with E-state index in [1.165, 1.54) is 31.2 Å². The number of rotatable bonds is 13. The number of esters is 1. The van der Waals surface area contributed by atoms with Gasteiger partial charge in [-0.2, -0.15) is 13.9 Å². The van der Waals surface area contributed by atoms with E-state index in [0.717, 1.165) is 25.7 Å². The van der Waals surface area contributed by atoms with Crippen LogP contribution < -0.4 is 14.1 Å². The van der Waals surface area contributed by atoms with E-state index < -0.39 is 54.6 Å². The van der Waals surface area contributed by atoms with Crippen LogP contribution in [0.15, 0.2) is 30.3 Å². The molecule has 0 saturated heterocycles. The topological polar surface area (TPSA) is 73.9 Å². The summed E-state index contributed by atoms with van der Waals surface area (Å²) in [7, 11) is -4.94. The van der Waals surface area contributed by atoms with Gasteiger partial charge in [0.05, 0.1) is 6.61 Å². The average Bonchev–Trinajstić information content (AvgIpc) is 2.83. The van der Waals surface area contributed by atoms with Gasteiger partial charge in [0.15, 0.2) is 0 Å². The number of hydrogen-bond acceptors (Lipinski definition) is 5. The van der Waals surface area contributed by atoms with Crippen molar-refractivity contribution < 1.29 is 45.1 Å². The fraction of sp³-hybridized carbons (Fsp3) is 0.435. The van der Waals surface area contributed by atoms with E-state index in [-0.39, 0.29) is 18.3 Å². The van der Waals surface area contributed by atoms with Crippen LogP contribution in [0.5, 0.6) is 11.5 Å². The van der Waals surface area contributed by atoms with Crippen molar-refractivity contribution in [2.75, 3.05) is 6.61 Å². The lowest BCUT2D eigenvalue weighted by Gasteiger charge is -2.24. The Bertz CT molecular complexity index is 1020. The molecule has 0 aromatic heterocycles. The van der Waals surface area contributed by atoms with Crippen LogP contribution in [0.3, 0.4) is 0 Å². The van der Waals surface area contributed by atoms with E-state index in [1.54, 1.807) is 6.07 Å². The minimum Gasteiger partial charge on any atom is -0.464 e. The highest BCUT2D eigenvalue weighted by molar-refractivity contribution is 7.52. The molecule has 2 atom stereocenters. The standard InChI is InChI=1S/C23H27F5NO5P/c1-4-9-15(10-5-2)13-32-23(30)14(3)29-35(31,33-16-11-7-6-8-12-16)34-22-20(27)18(25)17(24)19(26)21(22)28/h6-8,11-12,14-15H,4-5,9-10,13H2,1-3H3,(H,29,31)/t14-,35?/m0/s1. The number of nitrogens with one attached hydrogen (secondary N) is 1. The van der Waals surface area contributed by atoms with Crippen molar-refractivity contribution in [1.29, 1.82) is 0 Å². The summed E-state index contributed by atoms with van der Waals surface area (Å²) in [6.45, 7) is 5.29. The minimum absolute atomic E-state index is 0.0921. The molecule has 6 nitrogen and oxygen atoms in total. The Morgan fingerprint density at radius 3 is 1.91 bits per heavy atom. The van der Waals surface area contributed by atoms with Gasteiger partial charge in [0.2, 0.25) is 34.8 Å². The molecule has 0 aliphatic heterocycles. The molecule has 1 unspecified atom stereocenters. The van der Waals surface area contributed by atoms with Crippen molar-refractivity contribution in [3.05, 3.63) is 59.4 Å². The number of halogens is 5. The van der Waals surface area contributed by atoms with E-state index in [2.05, 4.69) is 5.09 Å². The van der Waals surface area contributed by atoms with Gasteiger partial charge >= 0.3 is 13.7 Å². The quantitative estimate of drug-likeness (QED) is 0.104. The summed E-state index contributed by atoms with van der Waals surface area (Å²) in [6, 6.07) is 5.74. The molecule has 0 aliphatic carbocycles. The average molecular weight is 523 g/mol. The molecule has 2 rings (SSSR count). The van der Waals surface area contributed by atoms with Crippen molar-refractivity contribution in [2.24, 2.45) is 5.92 Å². The van der Waals surface area contributed by atoms with Crippen LogP contribution in [0.1, 0.15) is 46.5 Å². The van der Waals surface area contributed by atoms with E-state index in [0.29, 0.717) is 0 Å². The summed E-state index contributed by atoms with van der Waals surface area (Å²) in [5, 5.41) is 2.15. The van der Waals surface area contributed by atoms with Crippen molar-refractivity contribution in [1.82, 2.24) is 5.09 Å². The second-order valence-corrected chi connectivity index (χ2v) is 9.43. The fourth-order valence-corrected chi connectivity index (χ4v) is 4.74. The Kier molecular flexibility index (Phi) is 10.5. The molecule has 0 amide bonds.